The minimum absolute atomic E-state index is 0.0464. The number of hydrogen-bond donors (Lipinski definition) is 2. The molecule has 0 saturated heterocycles. The zero-order valence-electron chi connectivity index (χ0n) is 10.7. The normalized spacial score (nSPS) is 9.72. The van der Waals surface area contributed by atoms with Crippen LogP contribution in [0.5, 0.6) is 0 Å². The second-order valence-corrected chi connectivity index (χ2v) is 3.85. The van der Waals surface area contributed by atoms with Crippen LogP contribution in [0.4, 0.5) is 5.82 Å². The Bertz CT molecular complexity index is 416. The van der Waals surface area contributed by atoms with Crippen molar-refractivity contribution in [1.82, 2.24) is 20.4 Å². The number of carbonyl (C=O) groups excluding carboxylic acids is 2. The Labute approximate surface area is 106 Å². The number of anilines is 1. The standard InChI is InChI=1S/C11H17N5O2/c1-12-10(17)6-7-13-9-5-4-8(14-15-9)11(18)16(2)3/h4-5H,6-7H2,1-3H3,(H,12,17)(H,13,15). The van der Waals surface area contributed by atoms with Gasteiger partial charge in [0.1, 0.15) is 5.82 Å². The number of carbonyl (C=O) groups is 2. The molecule has 0 aliphatic rings. The van der Waals surface area contributed by atoms with Crippen molar-refractivity contribution in [2.45, 2.75) is 6.42 Å². The fraction of sp³-hybridized carbons (Fsp3) is 0.455. The third-order valence-electron chi connectivity index (χ3n) is 2.23. The van der Waals surface area contributed by atoms with E-state index in [4.69, 9.17) is 0 Å². The van der Waals surface area contributed by atoms with Gasteiger partial charge in [0.15, 0.2) is 5.69 Å². The predicted molar refractivity (Wildman–Crippen MR) is 67.2 cm³/mol. The summed E-state index contributed by atoms with van der Waals surface area (Å²) in [5.74, 6) is 0.295. The summed E-state index contributed by atoms with van der Waals surface area (Å²) >= 11 is 0. The molecule has 7 heteroatoms. The van der Waals surface area contributed by atoms with E-state index in [0.717, 1.165) is 0 Å². The lowest BCUT2D eigenvalue weighted by atomic mass is 10.3. The fourth-order valence-corrected chi connectivity index (χ4v) is 1.20. The Kier molecular flexibility index (Phi) is 5.04. The minimum Gasteiger partial charge on any atom is -0.368 e. The van der Waals surface area contributed by atoms with Crippen molar-refractivity contribution in [3.63, 3.8) is 0 Å². The second-order valence-electron chi connectivity index (χ2n) is 3.85. The molecule has 1 rings (SSSR count). The summed E-state index contributed by atoms with van der Waals surface area (Å²) in [5, 5.41) is 13.1. The van der Waals surface area contributed by atoms with Crippen LogP contribution in [0.1, 0.15) is 16.9 Å². The van der Waals surface area contributed by atoms with Crippen molar-refractivity contribution in [2.24, 2.45) is 0 Å². The largest absolute Gasteiger partial charge is 0.368 e. The van der Waals surface area contributed by atoms with E-state index in [1.54, 1.807) is 33.3 Å². The molecular formula is C11H17N5O2. The van der Waals surface area contributed by atoms with Gasteiger partial charge in [0.05, 0.1) is 0 Å². The van der Waals surface area contributed by atoms with Gasteiger partial charge in [0.2, 0.25) is 5.91 Å². The highest BCUT2D eigenvalue weighted by Gasteiger charge is 2.09. The van der Waals surface area contributed by atoms with Crippen LogP contribution < -0.4 is 10.6 Å². The molecule has 0 aliphatic heterocycles. The van der Waals surface area contributed by atoms with Crippen molar-refractivity contribution >= 4 is 17.6 Å². The molecular weight excluding hydrogens is 234 g/mol. The molecule has 0 atom stereocenters. The first kappa shape index (κ1) is 13.9. The number of rotatable bonds is 5. The molecule has 0 aromatic carbocycles. The highest BCUT2D eigenvalue weighted by atomic mass is 16.2. The zero-order valence-corrected chi connectivity index (χ0v) is 10.7. The van der Waals surface area contributed by atoms with Crippen LogP contribution >= 0.6 is 0 Å². The van der Waals surface area contributed by atoms with E-state index in [2.05, 4.69) is 20.8 Å². The molecule has 1 aromatic heterocycles. The molecule has 98 valence electrons. The average molecular weight is 251 g/mol. The van der Waals surface area contributed by atoms with E-state index in [-0.39, 0.29) is 17.5 Å². The topological polar surface area (TPSA) is 87.2 Å². The monoisotopic (exact) mass is 251 g/mol. The van der Waals surface area contributed by atoms with Crippen molar-refractivity contribution < 1.29 is 9.59 Å². The molecule has 7 nitrogen and oxygen atoms in total. The van der Waals surface area contributed by atoms with E-state index in [1.165, 1.54) is 4.90 Å². The van der Waals surface area contributed by atoms with Crippen LogP contribution in [0, 0.1) is 0 Å². The molecule has 1 aromatic rings. The molecule has 0 radical (unpaired) electrons. The lowest BCUT2D eigenvalue weighted by Gasteiger charge is -2.09. The van der Waals surface area contributed by atoms with Crippen LogP contribution in [0.3, 0.4) is 0 Å². The maximum Gasteiger partial charge on any atom is 0.273 e. The lowest BCUT2D eigenvalue weighted by Crippen LogP contribution is -2.23. The van der Waals surface area contributed by atoms with Crippen LogP contribution in [0.2, 0.25) is 0 Å². The molecule has 18 heavy (non-hydrogen) atoms. The van der Waals surface area contributed by atoms with Crippen LogP contribution in [-0.4, -0.2) is 54.6 Å². The average Bonchev–Trinajstić information content (AvgIpc) is 2.38. The van der Waals surface area contributed by atoms with Gasteiger partial charge >= 0.3 is 0 Å². The summed E-state index contributed by atoms with van der Waals surface area (Å²) in [4.78, 5) is 24.0. The van der Waals surface area contributed by atoms with Gasteiger partial charge in [-0.15, -0.1) is 10.2 Å². The van der Waals surface area contributed by atoms with Gasteiger partial charge in [-0.1, -0.05) is 0 Å². The molecule has 0 unspecified atom stereocenters. The molecule has 2 N–H and O–H groups in total. The fourth-order valence-electron chi connectivity index (χ4n) is 1.20. The van der Waals surface area contributed by atoms with Crippen LogP contribution in [0.25, 0.3) is 0 Å². The Hall–Kier alpha value is -2.18. The first-order valence-corrected chi connectivity index (χ1v) is 5.54. The van der Waals surface area contributed by atoms with Crippen LogP contribution in [0.15, 0.2) is 12.1 Å². The molecule has 0 saturated carbocycles. The second kappa shape index (κ2) is 6.53. The van der Waals surface area contributed by atoms with E-state index in [0.29, 0.717) is 18.8 Å². The van der Waals surface area contributed by atoms with E-state index in [9.17, 15) is 9.59 Å². The molecule has 0 fully saturated rings. The third kappa shape index (κ3) is 4.00. The number of amides is 2. The van der Waals surface area contributed by atoms with E-state index >= 15 is 0 Å². The summed E-state index contributed by atoms with van der Waals surface area (Å²) < 4.78 is 0. The Morgan fingerprint density at radius 3 is 2.50 bits per heavy atom. The quantitative estimate of drug-likeness (QED) is 0.752. The van der Waals surface area contributed by atoms with Gasteiger partial charge in [-0.3, -0.25) is 9.59 Å². The highest BCUT2D eigenvalue weighted by Crippen LogP contribution is 2.03. The van der Waals surface area contributed by atoms with Gasteiger partial charge in [-0.25, -0.2) is 0 Å². The van der Waals surface area contributed by atoms with Crippen molar-refractivity contribution in [1.29, 1.82) is 0 Å². The van der Waals surface area contributed by atoms with Gasteiger partial charge in [-0.05, 0) is 12.1 Å². The Morgan fingerprint density at radius 2 is 2.00 bits per heavy atom. The van der Waals surface area contributed by atoms with Gasteiger partial charge in [0.25, 0.3) is 5.91 Å². The lowest BCUT2D eigenvalue weighted by molar-refractivity contribution is -0.120. The molecule has 0 spiro atoms. The summed E-state index contributed by atoms with van der Waals surface area (Å²) in [6.07, 6.45) is 0.358. The third-order valence-corrected chi connectivity index (χ3v) is 2.23. The summed E-state index contributed by atoms with van der Waals surface area (Å²) in [5.41, 5.74) is 0.289. The minimum atomic E-state index is -0.195. The predicted octanol–water partition coefficient (Wildman–Crippen LogP) is -0.274. The molecule has 2 amide bonds. The number of hydrogen-bond acceptors (Lipinski definition) is 5. The van der Waals surface area contributed by atoms with Gasteiger partial charge < -0.3 is 15.5 Å². The molecule has 0 aliphatic carbocycles. The van der Waals surface area contributed by atoms with E-state index < -0.39 is 0 Å². The zero-order chi connectivity index (χ0) is 13.5. The maximum absolute atomic E-state index is 11.5. The smallest absolute Gasteiger partial charge is 0.273 e. The maximum atomic E-state index is 11.5. The highest BCUT2D eigenvalue weighted by molar-refractivity contribution is 5.91. The number of nitrogens with zero attached hydrogens (tertiary/aromatic N) is 3. The van der Waals surface area contributed by atoms with Gasteiger partial charge in [0, 0.05) is 34.1 Å². The number of aromatic nitrogens is 2. The summed E-state index contributed by atoms with van der Waals surface area (Å²) in [6.45, 7) is 0.468. The molecule has 1 heterocycles. The van der Waals surface area contributed by atoms with Crippen molar-refractivity contribution in [3.05, 3.63) is 17.8 Å². The SMILES string of the molecule is CNC(=O)CCNc1ccc(C(=O)N(C)C)nn1. The Morgan fingerprint density at radius 1 is 1.28 bits per heavy atom. The van der Waals surface area contributed by atoms with Crippen LogP contribution in [-0.2, 0) is 4.79 Å². The number of nitrogens with one attached hydrogen (secondary N) is 2. The summed E-state index contributed by atoms with van der Waals surface area (Å²) in [7, 11) is 4.89. The first-order chi connectivity index (χ1) is 8.54. The van der Waals surface area contributed by atoms with Crippen molar-refractivity contribution in [2.75, 3.05) is 33.0 Å². The van der Waals surface area contributed by atoms with Crippen molar-refractivity contribution in [3.8, 4) is 0 Å². The summed E-state index contributed by atoms with van der Waals surface area (Å²) in [6, 6.07) is 3.26. The first-order valence-electron chi connectivity index (χ1n) is 5.54. The van der Waals surface area contributed by atoms with E-state index in [1.807, 2.05) is 0 Å². The molecule has 0 bridgehead atoms. The Balaban J connectivity index is 2.50. The van der Waals surface area contributed by atoms with Gasteiger partial charge in [-0.2, -0.15) is 0 Å².